The van der Waals surface area contributed by atoms with E-state index < -0.39 is 12.0 Å². The molecule has 0 fully saturated rings. The Balaban J connectivity index is 4.35. The molecule has 0 aromatic carbocycles. The Morgan fingerprint density at radius 1 is 0.544 bits per heavy atom. The summed E-state index contributed by atoms with van der Waals surface area (Å²) < 4.78 is 5.95. The van der Waals surface area contributed by atoms with E-state index in [1.165, 1.54) is 44.9 Å². The zero-order chi connectivity index (χ0) is 41.7. The van der Waals surface area contributed by atoms with Gasteiger partial charge in [-0.05, 0) is 115 Å². The van der Waals surface area contributed by atoms with Crippen LogP contribution in [0.2, 0.25) is 0 Å². The molecule has 57 heavy (non-hydrogen) atoms. The second-order valence-electron chi connectivity index (χ2n) is 15.1. The Morgan fingerprint density at radius 2 is 1.02 bits per heavy atom. The number of nitrogens with two attached hydrogens (primary N) is 1. The monoisotopic (exact) mass is 793 g/mol. The lowest BCUT2D eigenvalue weighted by Crippen LogP contribution is -2.40. The zero-order valence-corrected chi connectivity index (χ0v) is 36.4. The largest absolute Gasteiger partial charge is 0.480 e. The van der Waals surface area contributed by atoms with Gasteiger partial charge in [0.25, 0.3) is 0 Å². The van der Waals surface area contributed by atoms with E-state index in [-0.39, 0.29) is 18.0 Å². The quantitative estimate of drug-likeness (QED) is 0.0323. The summed E-state index contributed by atoms with van der Waals surface area (Å²) in [6.07, 6.45) is 57.9. The Hall–Kier alpha value is -3.45. The van der Waals surface area contributed by atoms with Gasteiger partial charge in [-0.25, -0.2) is 4.79 Å². The van der Waals surface area contributed by atoms with Crippen molar-refractivity contribution in [1.82, 2.24) is 5.32 Å². The van der Waals surface area contributed by atoms with E-state index in [9.17, 15) is 19.5 Å². The van der Waals surface area contributed by atoms with Gasteiger partial charge in [-0.15, -0.1) is 0 Å². The molecular weight excluding hydrogens is 709 g/mol. The highest BCUT2D eigenvalue weighted by Gasteiger charge is 2.18. The molecule has 7 heteroatoms. The van der Waals surface area contributed by atoms with Gasteiger partial charge in [-0.1, -0.05) is 157 Å². The number of carboxylic acid groups (broad SMARTS) is 1. The molecule has 324 valence electrons. The smallest absolute Gasteiger partial charge is 0.326 e. The van der Waals surface area contributed by atoms with Crippen molar-refractivity contribution in [2.75, 3.05) is 6.54 Å². The highest BCUT2D eigenvalue weighted by Crippen LogP contribution is 2.15. The Bertz CT molecular complexity index is 1170. The minimum absolute atomic E-state index is 0.102. The molecule has 2 atom stereocenters. The number of hydrogen-bond acceptors (Lipinski definition) is 5. The lowest BCUT2D eigenvalue weighted by atomic mass is 10.0. The number of amides is 1. The van der Waals surface area contributed by atoms with Crippen molar-refractivity contribution in [3.8, 4) is 0 Å². The van der Waals surface area contributed by atoms with Crippen LogP contribution in [0.25, 0.3) is 0 Å². The number of allylic oxidation sites excluding steroid dienone is 13. The maximum atomic E-state index is 12.8. The normalized spacial score (nSPS) is 13.5. The van der Waals surface area contributed by atoms with Crippen molar-refractivity contribution in [1.29, 1.82) is 0 Å². The van der Waals surface area contributed by atoms with Gasteiger partial charge in [-0.3, -0.25) is 9.59 Å². The van der Waals surface area contributed by atoms with Crippen LogP contribution in [0.1, 0.15) is 194 Å². The molecule has 0 aliphatic heterocycles. The molecule has 1 amide bonds. The van der Waals surface area contributed by atoms with E-state index in [4.69, 9.17) is 10.5 Å². The van der Waals surface area contributed by atoms with Crippen molar-refractivity contribution in [2.24, 2.45) is 5.73 Å². The van der Waals surface area contributed by atoms with Gasteiger partial charge in [0, 0.05) is 12.8 Å². The van der Waals surface area contributed by atoms with E-state index in [1.807, 2.05) is 0 Å². The number of unbranched alkanes of at least 4 members (excludes halogenated alkanes) is 14. The molecular formula is C50H84N2O5. The average molecular weight is 793 g/mol. The molecule has 0 aromatic heterocycles. The summed E-state index contributed by atoms with van der Waals surface area (Å²) in [5.41, 5.74) is 5.48. The number of carboxylic acids is 1. The van der Waals surface area contributed by atoms with E-state index in [0.29, 0.717) is 32.2 Å². The zero-order valence-electron chi connectivity index (χ0n) is 36.4. The van der Waals surface area contributed by atoms with Crippen LogP contribution in [0.5, 0.6) is 0 Å². The number of rotatable bonds is 40. The third kappa shape index (κ3) is 40.5. The molecule has 0 bridgehead atoms. The van der Waals surface area contributed by atoms with Crippen LogP contribution in [0.4, 0.5) is 0 Å². The van der Waals surface area contributed by atoms with Crippen LogP contribution in [0.3, 0.4) is 0 Å². The van der Waals surface area contributed by atoms with Crippen LogP contribution >= 0.6 is 0 Å². The first kappa shape index (κ1) is 53.6. The fraction of sp³-hybridized carbons (Fsp3) is 0.660. The van der Waals surface area contributed by atoms with Crippen molar-refractivity contribution in [2.45, 2.75) is 206 Å². The van der Waals surface area contributed by atoms with Crippen molar-refractivity contribution in [3.63, 3.8) is 0 Å². The molecule has 0 aliphatic carbocycles. The van der Waals surface area contributed by atoms with Crippen LogP contribution < -0.4 is 11.1 Å². The number of esters is 1. The first-order valence-corrected chi connectivity index (χ1v) is 22.9. The molecule has 0 saturated heterocycles. The van der Waals surface area contributed by atoms with Gasteiger partial charge < -0.3 is 20.9 Å². The molecule has 0 saturated carbocycles. The van der Waals surface area contributed by atoms with Crippen LogP contribution in [0.15, 0.2) is 85.1 Å². The molecule has 0 rings (SSSR count). The van der Waals surface area contributed by atoms with Gasteiger partial charge in [0.15, 0.2) is 0 Å². The van der Waals surface area contributed by atoms with Gasteiger partial charge in [-0.2, -0.15) is 0 Å². The molecule has 0 radical (unpaired) electrons. The first-order valence-electron chi connectivity index (χ1n) is 22.9. The summed E-state index contributed by atoms with van der Waals surface area (Å²) in [4.78, 5) is 36.3. The summed E-state index contributed by atoms with van der Waals surface area (Å²) >= 11 is 0. The number of hydrogen-bond donors (Lipinski definition) is 3. The highest BCUT2D eigenvalue weighted by atomic mass is 16.5. The maximum Gasteiger partial charge on any atom is 0.326 e. The molecule has 0 aliphatic rings. The lowest BCUT2D eigenvalue weighted by Gasteiger charge is -2.15. The average Bonchev–Trinajstić information content (AvgIpc) is 3.20. The SMILES string of the molecule is CC/C=C\C/C=C\C/C=C\C/C=C\C/C=C\C/C=C\CCCCC(=O)OC(/C=C\CCCCCCCCC)CCCCCCCCC(=O)NC(CCCN)C(=O)O. The molecule has 2 unspecified atom stereocenters. The summed E-state index contributed by atoms with van der Waals surface area (Å²) in [6.45, 7) is 4.81. The van der Waals surface area contributed by atoms with E-state index in [2.05, 4.69) is 104 Å². The number of carbonyl (C=O) groups is 3. The van der Waals surface area contributed by atoms with Crippen LogP contribution in [-0.2, 0) is 19.1 Å². The predicted octanol–water partition coefficient (Wildman–Crippen LogP) is 13.3. The lowest BCUT2D eigenvalue weighted by molar-refractivity contribution is -0.147. The molecule has 4 N–H and O–H groups in total. The molecule has 7 nitrogen and oxygen atoms in total. The summed E-state index contributed by atoms with van der Waals surface area (Å²) in [7, 11) is 0. The van der Waals surface area contributed by atoms with Crippen LogP contribution in [-0.4, -0.2) is 41.6 Å². The third-order valence-corrected chi connectivity index (χ3v) is 9.68. The second kappa shape index (κ2) is 43.7. The minimum Gasteiger partial charge on any atom is -0.480 e. The number of aliphatic carboxylic acids is 1. The Kier molecular flexibility index (Phi) is 41.0. The number of nitrogens with one attached hydrogen (secondary N) is 1. The third-order valence-electron chi connectivity index (χ3n) is 9.68. The number of carbonyl (C=O) groups excluding carboxylic acids is 2. The standard InChI is InChI=1S/C50H84N2O5/c1-3-5-7-9-11-13-14-15-16-17-18-19-20-21-22-23-24-26-28-34-38-44-49(54)57-46(40-35-31-27-25-12-10-8-6-4-2)41-36-32-29-30-33-37-43-48(53)52-47(50(55)56)42-39-45-51/h5,7,11,13,15-16,18-19,21-22,24,26,35,40,46-47H,3-4,6,8-10,12,14,17,20,23,25,27-34,36-39,41-45,51H2,1-2H3,(H,52,53)(H,55,56)/b7-5-,13-11-,16-15-,19-18-,22-21-,26-24-,40-35-. The number of ether oxygens (including phenoxy) is 1. The fourth-order valence-corrected chi connectivity index (χ4v) is 6.24. The maximum absolute atomic E-state index is 12.8. The van der Waals surface area contributed by atoms with Crippen molar-refractivity contribution >= 4 is 17.8 Å². The topological polar surface area (TPSA) is 119 Å². The summed E-state index contributed by atoms with van der Waals surface area (Å²) in [5.74, 6) is -1.32. The minimum atomic E-state index is -1.01. The van der Waals surface area contributed by atoms with Crippen LogP contribution in [0, 0.1) is 0 Å². The Labute approximate surface area is 349 Å². The van der Waals surface area contributed by atoms with Gasteiger partial charge >= 0.3 is 11.9 Å². The van der Waals surface area contributed by atoms with Crippen molar-refractivity contribution < 1.29 is 24.2 Å². The van der Waals surface area contributed by atoms with Gasteiger partial charge in [0.05, 0.1) is 0 Å². The summed E-state index contributed by atoms with van der Waals surface area (Å²) in [6, 6.07) is -0.860. The highest BCUT2D eigenvalue weighted by molar-refractivity contribution is 5.83. The summed E-state index contributed by atoms with van der Waals surface area (Å²) in [5, 5.41) is 11.9. The van der Waals surface area contributed by atoms with E-state index in [0.717, 1.165) is 109 Å². The predicted molar refractivity (Wildman–Crippen MR) is 243 cm³/mol. The van der Waals surface area contributed by atoms with E-state index >= 15 is 0 Å². The fourth-order valence-electron chi connectivity index (χ4n) is 6.24. The van der Waals surface area contributed by atoms with Gasteiger partial charge in [0.1, 0.15) is 12.1 Å². The Morgan fingerprint density at radius 3 is 1.58 bits per heavy atom. The van der Waals surface area contributed by atoms with E-state index in [1.54, 1.807) is 0 Å². The van der Waals surface area contributed by atoms with Crippen molar-refractivity contribution in [3.05, 3.63) is 85.1 Å². The van der Waals surface area contributed by atoms with Gasteiger partial charge in [0.2, 0.25) is 5.91 Å². The molecule has 0 aromatic rings. The first-order chi connectivity index (χ1) is 27.9. The molecule has 0 heterocycles. The second-order valence-corrected chi connectivity index (χ2v) is 15.1. The molecule has 0 spiro atoms.